The quantitative estimate of drug-likeness (QED) is 0.790. The Morgan fingerprint density at radius 1 is 0.926 bits per heavy atom. The lowest BCUT2D eigenvalue weighted by atomic mass is 10.0. The van der Waals surface area contributed by atoms with E-state index in [-0.39, 0.29) is 31.0 Å². The lowest BCUT2D eigenvalue weighted by Crippen LogP contribution is -2.34. The third-order valence-corrected chi connectivity index (χ3v) is 4.35. The molecule has 27 heavy (non-hydrogen) atoms. The van der Waals surface area contributed by atoms with Crippen LogP contribution >= 0.6 is 0 Å². The lowest BCUT2D eigenvalue weighted by molar-refractivity contribution is -0.138. The van der Waals surface area contributed by atoms with Gasteiger partial charge in [0.15, 0.2) is 0 Å². The predicted octanol–water partition coefficient (Wildman–Crippen LogP) is 2.17. The summed E-state index contributed by atoms with van der Waals surface area (Å²) in [5.74, 6) is -1.90. The third kappa shape index (κ3) is 3.73. The number of imide groups is 1. The van der Waals surface area contributed by atoms with E-state index < -0.39 is 23.4 Å². The zero-order valence-electron chi connectivity index (χ0n) is 14.7. The zero-order valence-corrected chi connectivity index (χ0v) is 14.7. The molecule has 0 aromatic heterocycles. The SMILES string of the molecule is CN(CCO)C1=C(c2ccc(F)cc2)C(=O)N(Cc2ccc(F)cc2)C1=O. The molecule has 0 atom stereocenters. The maximum Gasteiger partial charge on any atom is 0.278 e. The van der Waals surface area contributed by atoms with Gasteiger partial charge in [-0.15, -0.1) is 0 Å². The van der Waals surface area contributed by atoms with Gasteiger partial charge in [-0.25, -0.2) is 8.78 Å². The number of aliphatic hydroxyl groups excluding tert-OH is 1. The molecule has 0 saturated heterocycles. The first-order valence-electron chi connectivity index (χ1n) is 8.35. The molecule has 0 saturated carbocycles. The molecule has 2 amide bonds. The number of benzene rings is 2. The van der Waals surface area contributed by atoms with Crippen molar-refractivity contribution in [2.45, 2.75) is 6.54 Å². The van der Waals surface area contributed by atoms with Gasteiger partial charge >= 0.3 is 0 Å². The molecule has 0 unspecified atom stereocenters. The van der Waals surface area contributed by atoms with Crippen LogP contribution in [0.3, 0.4) is 0 Å². The van der Waals surface area contributed by atoms with E-state index in [9.17, 15) is 23.5 Å². The molecule has 1 heterocycles. The third-order valence-electron chi connectivity index (χ3n) is 4.35. The number of hydrogen-bond acceptors (Lipinski definition) is 4. The van der Waals surface area contributed by atoms with Crippen molar-refractivity contribution in [3.05, 3.63) is 77.0 Å². The second-order valence-corrected chi connectivity index (χ2v) is 6.20. The Bertz CT molecular complexity index is 892. The van der Waals surface area contributed by atoms with Crippen LogP contribution in [0.2, 0.25) is 0 Å². The van der Waals surface area contributed by atoms with Gasteiger partial charge in [0.05, 0.1) is 18.7 Å². The maximum absolute atomic E-state index is 13.3. The number of carbonyl (C=O) groups is 2. The van der Waals surface area contributed by atoms with Crippen molar-refractivity contribution in [1.82, 2.24) is 9.80 Å². The van der Waals surface area contributed by atoms with E-state index in [0.29, 0.717) is 11.1 Å². The van der Waals surface area contributed by atoms with Crippen LogP contribution in [-0.4, -0.2) is 46.9 Å². The smallest absolute Gasteiger partial charge is 0.278 e. The summed E-state index contributed by atoms with van der Waals surface area (Å²) in [5, 5.41) is 9.21. The van der Waals surface area contributed by atoms with Gasteiger partial charge in [-0.3, -0.25) is 14.5 Å². The van der Waals surface area contributed by atoms with Crippen LogP contribution in [0.25, 0.3) is 5.57 Å². The van der Waals surface area contributed by atoms with E-state index in [1.165, 1.54) is 53.4 Å². The summed E-state index contributed by atoms with van der Waals surface area (Å²) in [5.41, 5.74) is 1.31. The highest BCUT2D eigenvalue weighted by Gasteiger charge is 2.40. The first-order chi connectivity index (χ1) is 12.9. The van der Waals surface area contributed by atoms with Crippen LogP contribution in [0.1, 0.15) is 11.1 Å². The van der Waals surface area contributed by atoms with Crippen LogP contribution in [0.5, 0.6) is 0 Å². The highest BCUT2D eigenvalue weighted by atomic mass is 19.1. The van der Waals surface area contributed by atoms with Gasteiger partial charge in [-0.2, -0.15) is 0 Å². The van der Waals surface area contributed by atoms with Crippen molar-refractivity contribution < 1.29 is 23.5 Å². The molecule has 0 aliphatic carbocycles. The molecule has 5 nitrogen and oxygen atoms in total. The number of carbonyl (C=O) groups excluding carboxylic acids is 2. The fourth-order valence-electron chi connectivity index (χ4n) is 2.97. The first-order valence-corrected chi connectivity index (χ1v) is 8.35. The van der Waals surface area contributed by atoms with Gasteiger partial charge in [0, 0.05) is 13.6 Å². The van der Waals surface area contributed by atoms with Crippen molar-refractivity contribution in [1.29, 1.82) is 0 Å². The number of aliphatic hydroxyl groups is 1. The highest BCUT2D eigenvalue weighted by Crippen LogP contribution is 2.32. The van der Waals surface area contributed by atoms with Crippen molar-refractivity contribution in [2.24, 2.45) is 0 Å². The highest BCUT2D eigenvalue weighted by molar-refractivity contribution is 6.35. The number of rotatable bonds is 6. The van der Waals surface area contributed by atoms with Gasteiger partial charge < -0.3 is 10.0 Å². The Morgan fingerprint density at radius 3 is 2.04 bits per heavy atom. The topological polar surface area (TPSA) is 60.9 Å². The number of likely N-dealkylation sites (N-methyl/N-ethyl adjacent to an activating group) is 1. The Labute approximate surface area is 155 Å². The van der Waals surface area contributed by atoms with E-state index in [2.05, 4.69) is 0 Å². The number of amides is 2. The summed E-state index contributed by atoms with van der Waals surface area (Å²) in [4.78, 5) is 28.5. The summed E-state index contributed by atoms with van der Waals surface area (Å²) < 4.78 is 26.4. The lowest BCUT2D eigenvalue weighted by Gasteiger charge is -2.20. The maximum atomic E-state index is 13.3. The molecule has 1 N–H and O–H groups in total. The molecule has 0 spiro atoms. The normalized spacial score (nSPS) is 14.3. The van der Waals surface area contributed by atoms with Crippen LogP contribution in [0.15, 0.2) is 54.2 Å². The first kappa shape index (κ1) is 18.7. The number of halogens is 2. The molecule has 2 aromatic carbocycles. The molecule has 7 heteroatoms. The average Bonchev–Trinajstić information content (AvgIpc) is 2.89. The van der Waals surface area contributed by atoms with E-state index >= 15 is 0 Å². The standard InChI is InChI=1S/C20H18F2N2O3/c1-23(10-11-25)18-17(14-4-8-16(22)9-5-14)19(26)24(20(18)27)12-13-2-6-15(21)7-3-13/h2-9,25H,10-12H2,1H3. The second kappa shape index (κ2) is 7.67. The van der Waals surface area contributed by atoms with Gasteiger partial charge in [-0.1, -0.05) is 24.3 Å². The molecule has 140 valence electrons. The van der Waals surface area contributed by atoms with E-state index in [1.807, 2.05) is 0 Å². The molecule has 0 fully saturated rings. The van der Waals surface area contributed by atoms with Crippen molar-refractivity contribution >= 4 is 17.4 Å². The monoisotopic (exact) mass is 372 g/mol. The summed E-state index contributed by atoms with van der Waals surface area (Å²) in [7, 11) is 1.60. The van der Waals surface area contributed by atoms with Crippen molar-refractivity contribution in [2.75, 3.05) is 20.2 Å². The average molecular weight is 372 g/mol. The molecule has 1 aliphatic rings. The van der Waals surface area contributed by atoms with Crippen LogP contribution < -0.4 is 0 Å². The van der Waals surface area contributed by atoms with Gasteiger partial charge in [-0.05, 0) is 35.4 Å². The van der Waals surface area contributed by atoms with E-state index in [4.69, 9.17) is 0 Å². The van der Waals surface area contributed by atoms with Gasteiger partial charge in [0.25, 0.3) is 11.8 Å². The molecule has 0 radical (unpaired) electrons. The fraction of sp³-hybridized carbons (Fsp3) is 0.200. The van der Waals surface area contributed by atoms with Gasteiger partial charge in [0.2, 0.25) is 0 Å². The zero-order chi connectivity index (χ0) is 19.6. The van der Waals surface area contributed by atoms with Gasteiger partial charge in [0.1, 0.15) is 17.3 Å². The molecule has 2 aromatic rings. The second-order valence-electron chi connectivity index (χ2n) is 6.20. The van der Waals surface area contributed by atoms with Crippen molar-refractivity contribution in [3.8, 4) is 0 Å². The molecule has 0 bridgehead atoms. The molecular formula is C20H18F2N2O3. The van der Waals surface area contributed by atoms with E-state index in [1.54, 1.807) is 7.05 Å². The van der Waals surface area contributed by atoms with Crippen LogP contribution in [0.4, 0.5) is 8.78 Å². The Kier molecular flexibility index (Phi) is 5.32. The predicted molar refractivity (Wildman–Crippen MR) is 95.0 cm³/mol. The Hall–Kier alpha value is -3.06. The summed E-state index contributed by atoms with van der Waals surface area (Å²) in [6.07, 6.45) is 0. The minimum absolute atomic E-state index is 0.0148. The van der Waals surface area contributed by atoms with E-state index in [0.717, 1.165) is 4.90 Å². The minimum Gasteiger partial charge on any atom is -0.395 e. The van der Waals surface area contributed by atoms with Crippen molar-refractivity contribution in [3.63, 3.8) is 0 Å². The van der Waals surface area contributed by atoms with Crippen LogP contribution in [-0.2, 0) is 16.1 Å². The number of hydrogen-bond donors (Lipinski definition) is 1. The Morgan fingerprint density at radius 2 is 1.48 bits per heavy atom. The minimum atomic E-state index is -0.518. The molecule has 3 rings (SSSR count). The Balaban J connectivity index is 1.99. The number of nitrogens with zero attached hydrogens (tertiary/aromatic N) is 2. The summed E-state index contributed by atoms with van der Waals surface area (Å²) in [6.45, 7) is -0.0569. The fourth-order valence-corrected chi connectivity index (χ4v) is 2.97. The summed E-state index contributed by atoms with van der Waals surface area (Å²) >= 11 is 0. The summed E-state index contributed by atoms with van der Waals surface area (Å²) in [6, 6.07) is 10.8. The largest absolute Gasteiger partial charge is 0.395 e. The molecule has 1 aliphatic heterocycles. The van der Waals surface area contributed by atoms with Crippen LogP contribution in [0, 0.1) is 11.6 Å². The molecular weight excluding hydrogens is 354 g/mol.